The first-order valence-corrected chi connectivity index (χ1v) is 7.32. The minimum atomic E-state index is -0.995. The second-order valence-corrected chi connectivity index (χ2v) is 5.20. The van der Waals surface area contributed by atoms with Gasteiger partial charge >= 0.3 is 5.97 Å². The number of carbonyl (C=O) groups is 1. The third-order valence-corrected chi connectivity index (χ3v) is 3.27. The molecule has 0 saturated heterocycles. The molecule has 0 atom stereocenters. The summed E-state index contributed by atoms with van der Waals surface area (Å²) in [6, 6.07) is 10.7. The number of hydrogen-bond donors (Lipinski definition) is 1. The molecular formula is C17H21N3O2. The molecule has 0 radical (unpaired) electrons. The molecule has 0 bridgehead atoms. The number of pyridine rings is 1. The molecule has 5 nitrogen and oxygen atoms in total. The van der Waals surface area contributed by atoms with E-state index in [1.807, 2.05) is 18.2 Å². The molecule has 0 aliphatic carbocycles. The third-order valence-electron chi connectivity index (χ3n) is 3.27. The van der Waals surface area contributed by atoms with Gasteiger partial charge in [-0.3, -0.25) is 0 Å². The van der Waals surface area contributed by atoms with Crippen molar-refractivity contribution in [1.29, 1.82) is 0 Å². The van der Waals surface area contributed by atoms with E-state index in [1.54, 1.807) is 12.1 Å². The lowest BCUT2D eigenvalue weighted by atomic mass is 10.2. The van der Waals surface area contributed by atoms with Crippen molar-refractivity contribution in [3.8, 4) is 0 Å². The zero-order valence-corrected chi connectivity index (χ0v) is 12.9. The smallest absolute Gasteiger partial charge is 0.354 e. The lowest BCUT2D eigenvalue weighted by Gasteiger charge is -2.16. The van der Waals surface area contributed by atoms with Crippen LogP contribution < -0.4 is 0 Å². The number of para-hydroxylation sites is 1. The van der Waals surface area contributed by atoms with Crippen LogP contribution in [0.25, 0.3) is 10.9 Å². The Morgan fingerprint density at radius 2 is 2.00 bits per heavy atom. The number of hydrogen-bond acceptors (Lipinski definition) is 4. The maximum absolute atomic E-state index is 10.6. The van der Waals surface area contributed by atoms with E-state index in [4.69, 9.17) is 5.11 Å². The molecule has 2 aromatic rings. The molecule has 0 spiro atoms. The number of carboxylic acids is 1. The van der Waals surface area contributed by atoms with Crippen LogP contribution >= 0.6 is 0 Å². The van der Waals surface area contributed by atoms with Crippen LogP contribution in [0.3, 0.4) is 0 Å². The maximum Gasteiger partial charge on any atom is 0.354 e. The van der Waals surface area contributed by atoms with Crippen LogP contribution in [0.15, 0.2) is 48.8 Å². The molecule has 1 aliphatic heterocycles. The van der Waals surface area contributed by atoms with E-state index in [1.165, 1.54) is 19.0 Å². The number of benzene rings is 1. The molecule has 3 rings (SSSR count). The van der Waals surface area contributed by atoms with Crippen molar-refractivity contribution in [3.05, 3.63) is 54.5 Å². The van der Waals surface area contributed by atoms with Crippen molar-refractivity contribution in [1.82, 2.24) is 14.8 Å². The number of aromatic carboxylic acids is 1. The van der Waals surface area contributed by atoms with E-state index in [9.17, 15) is 4.79 Å². The topological polar surface area (TPSA) is 56.7 Å². The van der Waals surface area contributed by atoms with Gasteiger partial charge in [0, 0.05) is 31.4 Å². The Morgan fingerprint density at radius 3 is 2.64 bits per heavy atom. The van der Waals surface area contributed by atoms with Crippen molar-refractivity contribution in [3.63, 3.8) is 0 Å². The first-order chi connectivity index (χ1) is 10.6. The Morgan fingerprint density at radius 1 is 1.23 bits per heavy atom. The van der Waals surface area contributed by atoms with Crippen molar-refractivity contribution in [2.75, 3.05) is 20.3 Å². The number of fused-ring (bicyclic) bond motifs is 1. The number of carboxylic acid groups (broad SMARTS) is 1. The first kappa shape index (κ1) is 15.8. The molecule has 0 unspecified atom stereocenters. The fraction of sp³-hybridized carbons (Fsp3) is 0.294. The van der Waals surface area contributed by atoms with Crippen LogP contribution in [0.4, 0.5) is 0 Å². The van der Waals surface area contributed by atoms with Crippen LogP contribution in [-0.4, -0.2) is 46.1 Å². The highest BCUT2D eigenvalue weighted by Gasteiger charge is 2.05. The Labute approximate surface area is 130 Å². The molecule has 1 aliphatic rings. The zero-order chi connectivity index (χ0) is 15.9. The summed E-state index contributed by atoms with van der Waals surface area (Å²) in [6.45, 7) is 4.45. The van der Waals surface area contributed by atoms with Crippen molar-refractivity contribution in [2.45, 2.75) is 13.3 Å². The Hall–Kier alpha value is -2.56. The SMILES string of the molecule is CCCN1C=CN(C)C1.O=C(O)c1ccc2ccccc2n1. The van der Waals surface area contributed by atoms with Gasteiger partial charge in [-0.25, -0.2) is 9.78 Å². The predicted molar refractivity (Wildman–Crippen MR) is 87.5 cm³/mol. The van der Waals surface area contributed by atoms with Crippen molar-refractivity contribution in [2.24, 2.45) is 0 Å². The van der Waals surface area contributed by atoms with Gasteiger partial charge < -0.3 is 14.9 Å². The average Bonchev–Trinajstić information content (AvgIpc) is 2.93. The lowest BCUT2D eigenvalue weighted by molar-refractivity contribution is 0.0691. The van der Waals surface area contributed by atoms with Crippen LogP contribution in [0, 0.1) is 0 Å². The summed E-state index contributed by atoms with van der Waals surface area (Å²) in [5.41, 5.74) is 0.793. The monoisotopic (exact) mass is 299 g/mol. The molecule has 0 saturated carbocycles. The van der Waals surface area contributed by atoms with E-state index >= 15 is 0 Å². The van der Waals surface area contributed by atoms with E-state index in [-0.39, 0.29) is 5.69 Å². The van der Waals surface area contributed by atoms with Crippen molar-refractivity contribution >= 4 is 16.9 Å². The van der Waals surface area contributed by atoms with Gasteiger partial charge in [-0.05, 0) is 18.6 Å². The summed E-state index contributed by atoms with van der Waals surface area (Å²) in [5.74, 6) is -0.995. The van der Waals surface area contributed by atoms with Gasteiger partial charge in [-0.2, -0.15) is 0 Å². The Kier molecular flexibility index (Phi) is 5.36. The highest BCUT2D eigenvalue weighted by molar-refractivity contribution is 5.89. The third kappa shape index (κ3) is 4.22. The summed E-state index contributed by atoms with van der Waals surface area (Å²) in [7, 11) is 2.09. The fourth-order valence-corrected chi connectivity index (χ4v) is 2.21. The van der Waals surface area contributed by atoms with E-state index in [2.05, 4.69) is 41.2 Å². The Bertz CT molecular complexity index is 670. The van der Waals surface area contributed by atoms with Crippen LogP contribution in [0.2, 0.25) is 0 Å². The summed E-state index contributed by atoms with van der Waals surface area (Å²) in [5, 5.41) is 9.63. The molecule has 1 aromatic heterocycles. The molecule has 0 fully saturated rings. The highest BCUT2D eigenvalue weighted by atomic mass is 16.4. The normalized spacial score (nSPS) is 13.2. The minimum absolute atomic E-state index is 0.0821. The van der Waals surface area contributed by atoms with Crippen LogP contribution in [-0.2, 0) is 0 Å². The molecule has 5 heteroatoms. The molecule has 2 heterocycles. The van der Waals surface area contributed by atoms with E-state index < -0.39 is 5.97 Å². The highest BCUT2D eigenvalue weighted by Crippen LogP contribution is 2.11. The molecule has 116 valence electrons. The van der Waals surface area contributed by atoms with Crippen LogP contribution in [0.1, 0.15) is 23.8 Å². The molecule has 22 heavy (non-hydrogen) atoms. The maximum atomic E-state index is 10.6. The second kappa shape index (κ2) is 7.45. The van der Waals surface area contributed by atoms with Gasteiger partial charge in [0.2, 0.25) is 0 Å². The van der Waals surface area contributed by atoms with Crippen LogP contribution in [0.5, 0.6) is 0 Å². The van der Waals surface area contributed by atoms with Gasteiger partial charge in [0.15, 0.2) is 0 Å². The summed E-state index contributed by atoms with van der Waals surface area (Å²) >= 11 is 0. The number of nitrogens with zero attached hydrogens (tertiary/aromatic N) is 3. The second-order valence-electron chi connectivity index (χ2n) is 5.20. The molecular weight excluding hydrogens is 278 g/mol. The zero-order valence-electron chi connectivity index (χ0n) is 12.9. The largest absolute Gasteiger partial charge is 0.477 e. The molecule has 1 aromatic carbocycles. The van der Waals surface area contributed by atoms with Crippen molar-refractivity contribution < 1.29 is 9.90 Å². The number of aromatic nitrogens is 1. The summed E-state index contributed by atoms with van der Waals surface area (Å²) in [6.07, 6.45) is 5.48. The van der Waals surface area contributed by atoms with Gasteiger partial charge in [-0.15, -0.1) is 0 Å². The van der Waals surface area contributed by atoms with E-state index in [0.717, 1.165) is 12.1 Å². The lowest BCUT2D eigenvalue weighted by Crippen LogP contribution is -2.22. The Balaban J connectivity index is 0.000000172. The quantitative estimate of drug-likeness (QED) is 0.944. The summed E-state index contributed by atoms with van der Waals surface area (Å²) in [4.78, 5) is 19.0. The fourth-order valence-electron chi connectivity index (χ4n) is 2.21. The molecule has 1 N–H and O–H groups in total. The first-order valence-electron chi connectivity index (χ1n) is 7.32. The molecule has 0 amide bonds. The predicted octanol–water partition coefficient (Wildman–Crippen LogP) is 3.01. The van der Waals surface area contributed by atoms with E-state index in [0.29, 0.717) is 5.52 Å². The standard InChI is InChI=1S/C10H7NO2.C7H14N2/c12-10(13)9-6-5-7-3-1-2-4-8(7)11-9;1-3-4-9-6-5-8(2)7-9/h1-6H,(H,12,13);5-6H,3-4,7H2,1-2H3. The summed E-state index contributed by atoms with van der Waals surface area (Å²) < 4.78 is 0. The van der Waals surface area contributed by atoms with Gasteiger partial charge in [0.25, 0.3) is 0 Å². The number of rotatable bonds is 3. The average molecular weight is 299 g/mol. The van der Waals surface area contributed by atoms with Gasteiger partial charge in [0.05, 0.1) is 12.2 Å². The van der Waals surface area contributed by atoms with Gasteiger partial charge in [0.1, 0.15) is 5.69 Å². The minimum Gasteiger partial charge on any atom is -0.477 e. The van der Waals surface area contributed by atoms with Gasteiger partial charge in [-0.1, -0.05) is 31.2 Å².